The monoisotopic (exact) mass is 236 g/mol. The summed E-state index contributed by atoms with van der Waals surface area (Å²) in [6, 6.07) is 3.55. The molecule has 0 aromatic heterocycles. The van der Waals surface area contributed by atoms with Crippen LogP contribution in [-0.4, -0.2) is 0 Å². The maximum absolute atomic E-state index is 6.01. The summed E-state index contributed by atoms with van der Waals surface area (Å²) >= 11 is 17.7. The summed E-state index contributed by atoms with van der Waals surface area (Å²) in [7, 11) is 0. The van der Waals surface area contributed by atoms with Gasteiger partial charge in [-0.15, -0.1) is 0 Å². The molecule has 0 saturated heterocycles. The molecule has 0 fully saturated rings. The Hall–Kier alpha value is 0.0900. The highest BCUT2D eigenvalue weighted by Crippen LogP contribution is 2.30. The zero-order chi connectivity index (χ0) is 9.84. The lowest BCUT2D eigenvalue weighted by Crippen LogP contribution is -1.87. The maximum Gasteiger partial charge on any atom is 0.0625 e. The van der Waals surface area contributed by atoms with Gasteiger partial charge in [-0.05, 0) is 30.5 Å². The van der Waals surface area contributed by atoms with Gasteiger partial charge in [-0.3, -0.25) is 0 Å². The minimum absolute atomic E-state index is 0.542. The molecular weight excluding hydrogens is 226 g/mol. The Morgan fingerprint density at radius 2 is 1.85 bits per heavy atom. The van der Waals surface area contributed by atoms with Gasteiger partial charge in [0, 0.05) is 5.02 Å². The van der Waals surface area contributed by atoms with Gasteiger partial charge in [0.05, 0.1) is 10.0 Å². The molecule has 0 radical (unpaired) electrons. The first-order valence-electron chi connectivity index (χ1n) is 4.28. The summed E-state index contributed by atoms with van der Waals surface area (Å²) in [6.45, 7) is 2.14. The third kappa shape index (κ3) is 3.05. The first-order chi connectivity index (χ1) is 6.15. The van der Waals surface area contributed by atoms with Gasteiger partial charge in [0.25, 0.3) is 0 Å². The highest BCUT2D eigenvalue weighted by Gasteiger charge is 2.05. The summed E-state index contributed by atoms with van der Waals surface area (Å²) in [6.07, 6.45) is 3.19. The number of rotatable bonds is 3. The van der Waals surface area contributed by atoms with Crippen LogP contribution in [0, 0.1) is 0 Å². The lowest BCUT2D eigenvalue weighted by Gasteiger charge is -2.05. The fraction of sp³-hybridized carbons (Fsp3) is 0.400. The van der Waals surface area contributed by atoms with Gasteiger partial charge in [-0.2, -0.15) is 0 Å². The van der Waals surface area contributed by atoms with Gasteiger partial charge in [0.2, 0.25) is 0 Å². The number of halogens is 3. The van der Waals surface area contributed by atoms with E-state index in [2.05, 4.69) is 6.92 Å². The average molecular weight is 238 g/mol. The summed E-state index contributed by atoms with van der Waals surface area (Å²) in [5.41, 5.74) is 1.04. The Morgan fingerprint density at radius 3 is 2.46 bits per heavy atom. The molecule has 72 valence electrons. The van der Waals surface area contributed by atoms with Crippen LogP contribution in [0.15, 0.2) is 12.1 Å². The second kappa shape index (κ2) is 5.09. The second-order valence-corrected chi connectivity index (χ2v) is 4.19. The van der Waals surface area contributed by atoms with Crippen molar-refractivity contribution in [2.24, 2.45) is 0 Å². The zero-order valence-electron chi connectivity index (χ0n) is 7.41. The van der Waals surface area contributed by atoms with E-state index in [0.717, 1.165) is 24.8 Å². The van der Waals surface area contributed by atoms with E-state index < -0.39 is 0 Å². The predicted molar refractivity (Wildman–Crippen MR) is 60.1 cm³/mol. The summed E-state index contributed by atoms with van der Waals surface area (Å²) in [5, 5.41) is 1.83. The van der Waals surface area contributed by atoms with E-state index in [1.807, 2.05) is 6.07 Å². The predicted octanol–water partition coefficient (Wildman–Crippen LogP) is 4.99. The van der Waals surface area contributed by atoms with Crippen molar-refractivity contribution in [3.05, 3.63) is 32.8 Å². The molecule has 0 amide bonds. The van der Waals surface area contributed by atoms with Crippen LogP contribution >= 0.6 is 34.8 Å². The molecule has 0 N–H and O–H groups in total. The molecule has 13 heavy (non-hydrogen) atoms. The number of benzene rings is 1. The molecule has 0 heterocycles. The van der Waals surface area contributed by atoms with Crippen molar-refractivity contribution in [3.8, 4) is 0 Å². The molecule has 0 aliphatic carbocycles. The van der Waals surface area contributed by atoms with Gasteiger partial charge in [0.1, 0.15) is 0 Å². The number of aryl methyl sites for hydroxylation is 1. The standard InChI is InChI=1S/C10H11Cl3/c1-2-3-4-7-5-8(11)6-9(12)10(7)13/h5-6H,2-4H2,1H3. The van der Waals surface area contributed by atoms with Gasteiger partial charge in [-0.25, -0.2) is 0 Å². The zero-order valence-corrected chi connectivity index (χ0v) is 9.68. The Labute approximate surface area is 93.8 Å². The Bertz CT molecular complexity index is 294. The molecule has 1 rings (SSSR count). The average Bonchev–Trinajstić information content (AvgIpc) is 2.09. The van der Waals surface area contributed by atoms with Crippen molar-refractivity contribution in [1.29, 1.82) is 0 Å². The summed E-state index contributed by atoms with van der Waals surface area (Å²) in [4.78, 5) is 0. The molecule has 3 heteroatoms. The molecular formula is C10H11Cl3. The van der Waals surface area contributed by atoms with E-state index in [0.29, 0.717) is 15.1 Å². The summed E-state index contributed by atoms with van der Waals surface area (Å²) < 4.78 is 0. The Morgan fingerprint density at radius 1 is 1.15 bits per heavy atom. The maximum atomic E-state index is 6.01. The normalized spacial score (nSPS) is 10.5. The van der Waals surface area contributed by atoms with Crippen molar-refractivity contribution in [2.75, 3.05) is 0 Å². The van der Waals surface area contributed by atoms with Crippen LogP contribution < -0.4 is 0 Å². The smallest absolute Gasteiger partial charge is 0.0625 e. The van der Waals surface area contributed by atoms with Crippen LogP contribution in [0.2, 0.25) is 15.1 Å². The SMILES string of the molecule is CCCCc1cc(Cl)cc(Cl)c1Cl. The van der Waals surface area contributed by atoms with Crippen molar-refractivity contribution < 1.29 is 0 Å². The molecule has 0 atom stereocenters. The van der Waals surface area contributed by atoms with Crippen molar-refractivity contribution in [1.82, 2.24) is 0 Å². The van der Waals surface area contributed by atoms with E-state index in [4.69, 9.17) is 34.8 Å². The van der Waals surface area contributed by atoms with Crippen LogP contribution in [0.3, 0.4) is 0 Å². The van der Waals surface area contributed by atoms with Crippen molar-refractivity contribution in [3.63, 3.8) is 0 Å². The van der Waals surface area contributed by atoms with Gasteiger partial charge in [-0.1, -0.05) is 48.1 Å². The molecule has 0 saturated carbocycles. The first-order valence-corrected chi connectivity index (χ1v) is 5.42. The molecule has 1 aromatic carbocycles. The van der Waals surface area contributed by atoms with Crippen molar-refractivity contribution in [2.45, 2.75) is 26.2 Å². The topological polar surface area (TPSA) is 0 Å². The third-order valence-corrected chi connectivity index (χ3v) is 2.93. The second-order valence-electron chi connectivity index (χ2n) is 2.96. The fourth-order valence-corrected chi connectivity index (χ4v) is 1.90. The first kappa shape index (κ1) is 11.2. The van der Waals surface area contributed by atoms with Crippen LogP contribution in [0.1, 0.15) is 25.3 Å². The molecule has 0 unspecified atom stereocenters. The van der Waals surface area contributed by atoms with E-state index in [9.17, 15) is 0 Å². The van der Waals surface area contributed by atoms with E-state index >= 15 is 0 Å². The van der Waals surface area contributed by atoms with Crippen LogP contribution in [-0.2, 0) is 6.42 Å². The van der Waals surface area contributed by atoms with Crippen LogP contribution in [0.5, 0.6) is 0 Å². The van der Waals surface area contributed by atoms with Crippen molar-refractivity contribution >= 4 is 34.8 Å². The Balaban J connectivity index is 2.92. The molecule has 0 aliphatic heterocycles. The highest BCUT2D eigenvalue weighted by atomic mass is 35.5. The summed E-state index contributed by atoms with van der Waals surface area (Å²) in [5.74, 6) is 0. The highest BCUT2D eigenvalue weighted by molar-refractivity contribution is 6.43. The number of hydrogen-bond donors (Lipinski definition) is 0. The minimum Gasteiger partial charge on any atom is -0.0843 e. The number of hydrogen-bond acceptors (Lipinski definition) is 0. The van der Waals surface area contributed by atoms with E-state index in [1.165, 1.54) is 0 Å². The third-order valence-electron chi connectivity index (χ3n) is 1.87. The van der Waals surface area contributed by atoms with Gasteiger partial charge < -0.3 is 0 Å². The molecule has 1 aromatic rings. The minimum atomic E-state index is 0.542. The molecule has 0 bridgehead atoms. The van der Waals surface area contributed by atoms with Gasteiger partial charge in [0.15, 0.2) is 0 Å². The molecule has 0 spiro atoms. The van der Waals surface area contributed by atoms with Crippen LogP contribution in [0.25, 0.3) is 0 Å². The lowest BCUT2D eigenvalue weighted by atomic mass is 10.1. The lowest BCUT2D eigenvalue weighted by molar-refractivity contribution is 0.795. The quantitative estimate of drug-likeness (QED) is 0.650. The van der Waals surface area contributed by atoms with Crippen LogP contribution in [0.4, 0.5) is 0 Å². The van der Waals surface area contributed by atoms with Gasteiger partial charge >= 0.3 is 0 Å². The molecule has 0 nitrogen and oxygen atoms in total. The molecule has 0 aliphatic rings. The largest absolute Gasteiger partial charge is 0.0843 e. The fourth-order valence-electron chi connectivity index (χ4n) is 1.16. The van der Waals surface area contributed by atoms with E-state index in [-0.39, 0.29) is 0 Å². The Kier molecular flexibility index (Phi) is 4.37. The van der Waals surface area contributed by atoms with E-state index in [1.54, 1.807) is 6.07 Å². The number of unbranched alkanes of at least 4 members (excludes halogenated alkanes) is 1.